The summed E-state index contributed by atoms with van der Waals surface area (Å²) in [7, 11) is 0. The normalized spacial score (nSPS) is 20.8. The molecule has 92 valence electrons. The Morgan fingerprint density at radius 2 is 2.19 bits per heavy atom. The number of thioether (sulfide) groups is 1. The maximum absolute atomic E-state index is 12.0. The zero-order chi connectivity index (χ0) is 12.2. The van der Waals surface area contributed by atoms with Crippen LogP contribution in [0.5, 0.6) is 0 Å². The molecule has 0 aliphatic carbocycles. The summed E-state index contributed by atoms with van der Waals surface area (Å²) in [4.78, 5) is 12.4. The molecule has 1 unspecified atom stereocenters. The molecule has 16 heavy (non-hydrogen) atoms. The summed E-state index contributed by atoms with van der Waals surface area (Å²) in [6.45, 7) is 4.01. The minimum Gasteiger partial charge on any atom is -0.391 e. The fraction of sp³-hybridized carbons (Fsp3) is 0.818. The van der Waals surface area contributed by atoms with Crippen LogP contribution < -0.4 is 11.1 Å². The Bertz CT molecular complexity index is 271. The Morgan fingerprint density at radius 3 is 2.56 bits per heavy atom. The zero-order valence-electron chi connectivity index (χ0n) is 9.91. The van der Waals surface area contributed by atoms with Gasteiger partial charge in [0.1, 0.15) is 0 Å². The molecule has 0 spiro atoms. The van der Waals surface area contributed by atoms with Crippen LogP contribution in [-0.2, 0) is 4.79 Å². The van der Waals surface area contributed by atoms with Gasteiger partial charge in [-0.2, -0.15) is 0 Å². The first-order chi connectivity index (χ1) is 7.55. The van der Waals surface area contributed by atoms with Gasteiger partial charge in [-0.3, -0.25) is 4.79 Å². The summed E-state index contributed by atoms with van der Waals surface area (Å²) in [5, 5.41) is 3.13. The molecule has 0 radical (unpaired) electrons. The minimum absolute atomic E-state index is 0.0897. The van der Waals surface area contributed by atoms with Gasteiger partial charge in [0, 0.05) is 0 Å². The Labute approximate surface area is 107 Å². The number of rotatable bonds is 5. The van der Waals surface area contributed by atoms with E-state index in [-0.39, 0.29) is 11.2 Å². The molecule has 1 fully saturated rings. The number of carbonyl (C=O) groups excluding carboxylic acids is 1. The highest BCUT2D eigenvalue weighted by atomic mass is 32.2. The maximum Gasteiger partial charge on any atom is 0.233 e. The first kappa shape index (κ1) is 13.8. The summed E-state index contributed by atoms with van der Waals surface area (Å²) in [5.74, 6) is 1.18. The average molecular weight is 260 g/mol. The number of amides is 1. The molecule has 3 nitrogen and oxygen atoms in total. The lowest BCUT2D eigenvalue weighted by atomic mass is 9.92. The molecule has 1 saturated heterocycles. The topological polar surface area (TPSA) is 55.1 Å². The molecule has 1 rings (SSSR count). The lowest BCUT2D eigenvalue weighted by Gasteiger charge is -2.32. The van der Waals surface area contributed by atoms with Crippen molar-refractivity contribution in [2.45, 2.75) is 50.3 Å². The predicted octanol–water partition coefficient (Wildman–Crippen LogP) is 1.84. The van der Waals surface area contributed by atoms with Crippen molar-refractivity contribution in [1.29, 1.82) is 0 Å². The molecule has 5 heteroatoms. The molecule has 0 aromatic rings. The van der Waals surface area contributed by atoms with Crippen LogP contribution in [0.2, 0.25) is 0 Å². The van der Waals surface area contributed by atoms with E-state index >= 15 is 0 Å². The largest absolute Gasteiger partial charge is 0.391 e. The predicted molar refractivity (Wildman–Crippen MR) is 73.7 cm³/mol. The molecule has 0 aromatic carbocycles. The van der Waals surface area contributed by atoms with E-state index in [2.05, 4.69) is 5.32 Å². The Kier molecular flexibility index (Phi) is 5.05. The van der Waals surface area contributed by atoms with Gasteiger partial charge < -0.3 is 11.1 Å². The molecule has 0 aromatic heterocycles. The summed E-state index contributed by atoms with van der Waals surface area (Å²) in [5.41, 5.74) is 5.26. The van der Waals surface area contributed by atoms with Gasteiger partial charge in [0.15, 0.2) is 0 Å². The number of hydrogen-bond donors (Lipinski definition) is 2. The summed E-state index contributed by atoms with van der Waals surface area (Å²) in [6.07, 6.45) is 3.60. The lowest BCUT2D eigenvalue weighted by molar-refractivity contribution is -0.121. The van der Waals surface area contributed by atoms with Crippen molar-refractivity contribution in [3.05, 3.63) is 0 Å². The monoisotopic (exact) mass is 260 g/mol. The molecule has 1 aliphatic heterocycles. The molecule has 0 bridgehead atoms. The van der Waals surface area contributed by atoms with Crippen molar-refractivity contribution in [3.63, 3.8) is 0 Å². The van der Waals surface area contributed by atoms with E-state index < -0.39 is 5.54 Å². The van der Waals surface area contributed by atoms with Crippen LogP contribution in [0, 0.1) is 0 Å². The second kappa shape index (κ2) is 5.87. The van der Waals surface area contributed by atoms with Crippen molar-refractivity contribution < 1.29 is 4.79 Å². The third kappa shape index (κ3) is 2.88. The number of hydrogen-bond acceptors (Lipinski definition) is 3. The summed E-state index contributed by atoms with van der Waals surface area (Å²) >= 11 is 6.80. The lowest BCUT2D eigenvalue weighted by Crippen LogP contribution is -2.57. The van der Waals surface area contributed by atoms with Gasteiger partial charge in [-0.05, 0) is 31.4 Å². The third-order valence-corrected chi connectivity index (χ3v) is 5.03. The highest BCUT2D eigenvalue weighted by Gasteiger charge is 2.34. The van der Waals surface area contributed by atoms with Crippen LogP contribution in [0.3, 0.4) is 0 Å². The van der Waals surface area contributed by atoms with E-state index in [1.54, 1.807) is 11.8 Å². The van der Waals surface area contributed by atoms with Crippen LogP contribution >= 0.6 is 24.0 Å². The standard InChI is InChI=1S/C11H20N2OS2/c1-3-11(4-2,10(12)15)13-9(14)8-6-5-7-16-8/h8H,3-7H2,1-2H3,(H2,12,15)(H,13,14). The van der Waals surface area contributed by atoms with Gasteiger partial charge in [-0.1, -0.05) is 26.1 Å². The Hall–Kier alpha value is -0.290. The van der Waals surface area contributed by atoms with E-state index in [9.17, 15) is 4.79 Å². The fourth-order valence-corrected chi connectivity index (χ4v) is 3.44. The van der Waals surface area contributed by atoms with Gasteiger partial charge >= 0.3 is 0 Å². The summed E-state index contributed by atoms with van der Waals surface area (Å²) in [6, 6.07) is 0. The van der Waals surface area contributed by atoms with Crippen LogP contribution in [0.1, 0.15) is 39.5 Å². The number of carbonyl (C=O) groups is 1. The zero-order valence-corrected chi connectivity index (χ0v) is 11.5. The number of thiocarbonyl (C=S) groups is 1. The van der Waals surface area contributed by atoms with Gasteiger partial charge in [0.25, 0.3) is 0 Å². The number of nitrogens with two attached hydrogens (primary N) is 1. The maximum atomic E-state index is 12.0. The smallest absolute Gasteiger partial charge is 0.233 e. The molecular formula is C11H20N2OS2. The summed E-state index contributed by atoms with van der Waals surface area (Å²) < 4.78 is 0. The van der Waals surface area contributed by atoms with Crippen LogP contribution in [0.15, 0.2) is 0 Å². The molecule has 1 atom stereocenters. The van der Waals surface area contributed by atoms with Crippen LogP contribution in [0.4, 0.5) is 0 Å². The fourth-order valence-electron chi connectivity index (χ4n) is 1.94. The van der Waals surface area contributed by atoms with E-state index in [0.29, 0.717) is 4.99 Å². The molecule has 1 aliphatic rings. The minimum atomic E-state index is -0.491. The molecule has 1 heterocycles. The van der Waals surface area contributed by atoms with E-state index in [1.165, 1.54) is 0 Å². The van der Waals surface area contributed by atoms with Crippen molar-refractivity contribution in [2.75, 3.05) is 5.75 Å². The van der Waals surface area contributed by atoms with Crippen LogP contribution in [0.25, 0.3) is 0 Å². The van der Waals surface area contributed by atoms with Crippen molar-refractivity contribution in [2.24, 2.45) is 5.73 Å². The SMILES string of the molecule is CCC(CC)(NC(=O)C1CCCS1)C(N)=S. The van der Waals surface area contributed by atoms with Gasteiger partial charge in [-0.25, -0.2) is 0 Å². The second-order valence-electron chi connectivity index (χ2n) is 4.14. The van der Waals surface area contributed by atoms with E-state index in [0.717, 1.165) is 31.4 Å². The van der Waals surface area contributed by atoms with E-state index in [4.69, 9.17) is 18.0 Å². The molecule has 1 amide bonds. The van der Waals surface area contributed by atoms with Gasteiger partial charge in [0.2, 0.25) is 5.91 Å². The second-order valence-corrected chi connectivity index (χ2v) is 5.89. The highest BCUT2D eigenvalue weighted by Crippen LogP contribution is 2.27. The Balaban J connectivity index is 2.67. The van der Waals surface area contributed by atoms with Crippen molar-refractivity contribution in [1.82, 2.24) is 5.32 Å². The first-order valence-corrected chi connectivity index (χ1v) is 7.25. The van der Waals surface area contributed by atoms with Crippen molar-refractivity contribution >= 4 is 34.9 Å². The molecule has 0 saturated carbocycles. The third-order valence-electron chi connectivity index (χ3n) is 3.26. The van der Waals surface area contributed by atoms with Gasteiger partial charge in [0.05, 0.1) is 15.8 Å². The Morgan fingerprint density at radius 1 is 1.56 bits per heavy atom. The number of nitrogens with one attached hydrogen (secondary N) is 1. The average Bonchev–Trinajstić information content (AvgIpc) is 2.78. The highest BCUT2D eigenvalue weighted by molar-refractivity contribution is 8.00. The van der Waals surface area contributed by atoms with Gasteiger partial charge in [-0.15, -0.1) is 11.8 Å². The first-order valence-electron chi connectivity index (χ1n) is 5.79. The van der Waals surface area contributed by atoms with Crippen molar-refractivity contribution in [3.8, 4) is 0 Å². The molecular weight excluding hydrogens is 240 g/mol. The van der Waals surface area contributed by atoms with Crippen LogP contribution in [-0.4, -0.2) is 27.4 Å². The molecule has 3 N–H and O–H groups in total. The van der Waals surface area contributed by atoms with E-state index in [1.807, 2.05) is 13.8 Å². The quantitative estimate of drug-likeness (QED) is 0.741.